The smallest absolute Gasteiger partial charge is 0.416 e. The number of nitrogens with zero attached hydrogens (tertiary/aromatic N) is 1. The molecule has 8 heteroatoms. The zero-order valence-corrected chi connectivity index (χ0v) is 13.8. The van der Waals surface area contributed by atoms with E-state index in [1.807, 2.05) is 12.1 Å². The van der Waals surface area contributed by atoms with Crippen molar-refractivity contribution in [2.24, 2.45) is 0 Å². The van der Waals surface area contributed by atoms with Crippen molar-refractivity contribution in [3.8, 4) is 0 Å². The van der Waals surface area contributed by atoms with Gasteiger partial charge in [-0.1, -0.05) is 30.3 Å². The van der Waals surface area contributed by atoms with Gasteiger partial charge in [-0.05, 0) is 30.3 Å². The Hall–Kier alpha value is -3.42. The van der Waals surface area contributed by atoms with Crippen LogP contribution in [0.25, 0.3) is 10.9 Å². The summed E-state index contributed by atoms with van der Waals surface area (Å²) >= 11 is 0. The van der Waals surface area contributed by atoms with Gasteiger partial charge < -0.3 is 10.1 Å². The second-order valence-electron chi connectivity index (χ2n) is 5.59. The van der Waals surface area contributed by atoms with Gasteiger partial charge in [0, 0.05) is 11.1 Å². The summed E-state index contributed by atoms with van der Waals surface area (Å²) in [6.45, 7) is -0.649. The Bertz CT molecular complexity index is 1000. The standard InChI is InChI=1S/C19H13F3N2O3/c20-19(21,22)13-5-3-6-14(10-13)23-17(25)11-27-18(26)16-9-8-12-4-1-2-7-15(12)24-16/h1-10H,11H2,(H,23,25). The van der Waals surface area contributed by atoms with Crippen LogP contribution in [0.4, 0.5) is 18.9 Å². The summed E-state index contributed by atoms with van der Waals surface area (Å²) in [5.41, 5.74) is -0.312. The van der Waals surface area contributed by atoms with Gasteiger partial charge >= 0.3 is 12.1 Å². The summed E-state index contributed by atoms with van der Waals surface area (Å²) in [4.78, 5) is 28.0. The van der Waals surface area contributed by atoms with Crippen molar-refractivity contribution in [3.63, 3.8) is 0 Å². The van der Waals surface area contributed by atoms with Crippen LogP contribution in [-0.4, -0.2) is 23.5 Å². The first kappa shape index (κ1) is 18.4. The Morgan fingerprint density at radius 3 is 2.56 bits per heavy atom. The number of aromatic nitrogens is 1. The van der Waals surface area contributed by atoms with E-state index in [-0.39, 0.29) is 11.4 Å². The highest BCUT2D eigenvalue weighted by Crippen LogP contribution is 2.30. The van der Waals surface area contributed by atoms with Gasteiger partial charge in [-0.25, -0.2) is 9.78 Å². The lowest BCUT2D eigenvalue weighted by Gasteiger charge is -2.10. The number of ether oxygens (including phenoxy) is 1. The predicted molar refractivity (Wildman–Crippen MR) is 92.1 cm³/mol. The van der Waals surface area contributed by atoms with Crippen molar-refractivity contribution >= 4 is 28.5 Å². The van der Waals surface area contributed by atoms with Gasteiger partial charge in [-0.3, -0.25) is 4.79 Å². The zero-order chi connectivity index (χ0) is 19.4. The van der Waals surface area contributed by atoms with E-state index in [2.05, 4.69) is 10.3 Å². The number of hydrogen-bond donors (Lipinski definition) is 1. The molecule has 1 heterocycles. The average molecular weight is 374 g/mol. The van der Waals surface area contributed by atoms with Crippen molar-refractivity contribution in [1.29, 1.82) is 0 Å². The molecule has 0 spiro atoms. The highest BCUT2D eigenvalue weighted by Gasteiger charge is 2.30. The number of alkyl halides is 3. The van der Waals surface area contributed by atoms with Crippen molar-refractivity contribution in [2.75, 3.05) is 11.9 Å². The van der Waals surface area contributed by atoms with Crippen molar-refractivity contribution in [2.45, 2.75) is 6.18 Å². The van der Waals surface area contributed by atoms with Crippen LogP contribution < -0.4 is 5.32 Å². The minimum absolute atomic E-state index is 0.0283. The lowest BCUT2D eigenvalue weighted by molar-refractivity contribution is -0.137. The molecule has 0 saturated carbocycles. The van der Waals surface area contributed by atoms with Gasteiger partial charge in [-0.15, -0.1) is 0 Å². The Kier molecular flexibility index (Phi) is 5.07. The first-order valence-corrected chi connectivity index (χ1v) is 7.83. The molecule has 3 aromatic rings. The molecule has 0 aliphatic heterocycles. The third kappa shape index (κ3) is 4.60. The van der Waals surface area contributed by atoms with E-state index >= 15 is 0 Å². The summed E-state index contributed by atoms with van der Waals surface area (Å²) in [7, 11) is 0. The number of carbonyl (C=O) groups excluding carboxylic acids is 2. The highest BCUT2D eigenvalue weighted by molar-refractivity contribution is 5.95. The van der Waals surface area contributed by atoms with Crippen LogP contribution in [0, 0.1) is 0 Å². The molecule has 0 saturated heterocycles. The van der Waals surface area contributed by atoms with Gasteiger partial charge in [-0.2, -0.15) is 13.2 Å². The molecule has 5 nitrogen and oxygen atoms in total. The molecule has 2 aromatic carbocycles. The number of esters is 1. The number of hydrogen-bond acceptors (Lipinski definition) is 4. The van der Waals surface area contributed by atoms with E-state index in [1.54, 1.807) is 18.2 Å². The van der Waals surface area contributed by atoms with Crippen molar-refractivity contribution < 1.29 is 27.5 Å². The second kappa shape index (κ2) is 7.45. The van der Waals surface area contributed by atoms with Crippen LogP contribution >= 0.6 is 0 Å². The average Bonchev–Trinajstić information content (AvgIpc) is 2.65. The van der Waals surface area contributed by atoms with E-state index in [1.165, 1.54) is 18.2 Å². The summed E-state index contributed by atoms with van der Waals surface area (Å²) < 4.78 is 42.9. The predicted octanol–water partition coefficient (Wildman–Crippen LogP) is 4.05. The van der Waals surface area contributed by atoms with E-state index < -0.39 is 30.2 Å². The van der Waals surface area contributed by atoms with Crippen LogP contribution in [0.3, 0.4) is 0 Å². The third-order valence-electron chi connectivity index (χ3n) is 3.62. The molecule has 138 valence electrons. The van der Waals surface area contributed by atoms with Gasteiger partial charge in [0.25, 0.3) is 5.91 Å². The van der Waals surface area contributed by atoms with Gasteiger partial charge in [0.1, 0.15) is 5.69 Å². The molecular formula is C19H13F3N2O3. The number of rotatable bonds is 4. The number of fused-ring (bicyclic) bond motifs is 1. The van der Waals surface area contributed by atoms with Crippen LogP contribution in [0.1, 0.15) is 16.1 Å². The third-order valence-corrected chi connectivity index (χ3v) is 3.62. The second-order valence-corrected chi connectivity index (χ2v) is 5.59. The number of amides is 1. The van der Waals surface area contributed by atoms with Gasteiger partial charge in [0.05, 0.1) is 11.1 Å². The molecule has 1 aromatic heterocycles. The molecule has 0 aliphatic rings. The Labute approximate surface area is 151 Å². The number of benzene rings is 2. The SMILES string of the molecule is O=C(COC(=O)c1ccc2ccccc2n1)Nc1cccc(C(F)(F)F)c1. The topological polar surface area (TPSA) is 68.3 Å². The number of anilines is 1. The molecule has 1 amide bonds. The molecule has 0 aliphatic carbocycles. The fourth-order valence-corrected chi connectivity index (χ4v) is 2.36. The normalized spacial score (nSPS) is 11.2. The Morgan fingerprint density at radius 1 is 1.00 bits per heavy atom. The summed E-state index contributed by atoms with van der Waals surface area (Å²) in [6.07, 6.45) is -4.52. The maximum atomic E-state index is 12.7. The minimum atomic E-state index is -4.52. The molecule has 0 radical (unpaired) electrons. The molecule has 27 heavy (non-hydrogen) atoms. The highest BCUT2D eigenvalue weighted by atomic mass is 19.4. The number of nitrogens with one attached hydrogen (secondary N) is 1. The van der Waals surface area contributed by atoms with Crippen molar-refractivity contribution in [1.82, 2.24) is 4.98 Å². The molecule has 0 fully saturated rings. The van der Waals surface area contributed by atoms with E-state index in [0.29, 0.717) is 5.52 Å². The maximum Gasteiger partial charge on any atom is 0.416 e. The summed E-state index contributed by atoms with van der Waals surface area (Å²) in [5.74, 6) is -1.57. The number of halogens is 3. The number of carbonyl (C=O) groups is 2. The van der Waals surface area contributed by atoms with Crippen LogP contribution in [0.2, 0.25) is 0 Å². The first-order valence-electron chi connectivity index (χ1n) is 7.83. The van der Waals surface area contributed by atoms with Gasteiger partial charge in [0.2, 0.25) is 0 Å². The van der Waals surface area contributed by atoms with E-state index in [0.717, 1.165) is 17.5 Å². The quantitative estimate of drug-likeness (QED) is 0.700. The molecular weight excluding hydrogens is 361 g/mol. The van der Waals surface area contributed by atoms with Gasteiger partial charge in [0.15, 0.2) is 6.61 Å². The Morgan fingerprint density at radius 2 is 1.78 bits per heavy atom. The first-order chi connectivity index (χ1) is 12.8. The Balaban J connectivity index is 1.60. The van der Waals surface area contributed by atoms with E-state index in [4.69, 9.17) is 4.74 Å². The largest absolute Gasteiger partial charge is 0.451 e. The zero-order valence-electron chi connectivity index (χ0n) is 13.8. The van der Waals surface area contributed by atoms with Crippen LogP contribution in [0.15, 0.2) is 60.7 Å². The summed E-state index contributed by atoms with van der Waals surface area (Å²) in [6, 6.07) is 14.5. The monoisotopic (exact) mass is 374 g/mol. The lowest BCUT2D eigenvalue weighted by Crippen LogP contribution is -2.21. The molecule has 0 unspecified atom stereocenters. The van der Waals surface area contributed by atoms with Crippen LogP contribution in [-0.2, 0) is 15.7 Å². The molecule has 3 rings (SSSR count). The van der Waals surface area contributed by atoms with E-state index in [9.17, 15) is 22.8 Å². The molecule has 0 atom stereocenters. The number of pyridine rings is 1. The molecule has 0 bridgehead atoms. The number of para-hydroxylation sites is 1. The fraction of sp³-hybridized carbons (Fsp3) is 0.105. The van der Waals surface area contributed by atoms with Crippen LogP contribution in [0.5, 0.6) is 0 Å². The molecule has 1 N–H and O–H groups in total. The fourth-order valence-electron chi connectivity index (χ4n) is 2.36. The minimum Gasteiger partial charge on any atom is -0.451 e. The summed E-state index contributed by atoms with van der Waals surface area (Å²) in [5, 5.41) is 3.10. The maximum absolute atomic E-state index is 12.7. The lowest BCUT2D eigenvalue weighted by atomic mass is 10.2. The van der Waals surface area contributed by atoms with Crippen molar-refractivity contribution in [3.05, 3.63) is 71.9 Å².